The van der Waals surface area contributed by atoms with E-state index in [0.717, 1.165) is 55.4 Å². The minimum absolute atomic E-state index is 0.215. The molecular weight excluding hydrogens is 408 g/mol. The van der Waals surface area contributed by atoms with Gasteiger partial charge in [0.25, 0.3) is 0 Å². The monoisotopic (exact) mass is 442 g/mol. The van der Waals surface area contributed by atoms with E-state index in [2.05, 4.69) is 43.0 Å². The number of nitrogens with zero attached hydrogens (tertiary/aromatic N) is 2. The van der Waals surface area contributed by atoms with E-state index in [-0.39, 0.29) is 5.91 Å². The van der Waals surface area contributed by atoms with E-state index in [9.17, 15) is 4.79 Å². The van der Waals surface area contributed by atoms with Crippen LogP contribution in [0.2, 0.25) is 0 Å². The van der Waals surface area contributed by atoms with Gasteiger partial charge in [0.1, 0.15) is 0 Å². The fraction of sp³-hybridized carbons (Fsp3) is 0.480. The van der Waals surface area contributed by atoms with Crippen molar-refractivity contribution < 1.29 is 14.3 Å². The average Bonchev–Trinajstić information content (AvgIpc) is 3.01. The molecule has 6 heteroatoms. The highest BCUT2D eigenvalue weighted by molar-refractivity contribution is 7.99. The van der Waals surface area contributed by atoms with Crippen LogP contribution in [0.15, 0.2) is 47.4 Å². The summed E-state index contributed by atoms with van der Waals surface area (Å²) in [5, 5.41) is 0. The molecule has 5 nitrogen and oxygen atoms in total. The van der Waals surface area contributed by atoms with Crippen LogP contribution in [0.4, 0.5) is 5.69 Å². The Morgan fingerprint density at radius 3 is 2.61 bits per heavy atom. The number of benzene rings is 2. The van der Waals surface area contributed by atoms with Gasteiger partial charge in [-0.1, -0.05) is 18.2 Å². The minimum atomic E-state index is 0.215. The third-order valence-corrected chi connectivity index (χ3v) is 6.87. The van der Waals surface area contributed by atoms with Crippen LogP contribution in [0, 0.1) is 0 Å². The van der Waals surface area contributed by atoms with Gasteiger partial charge in [-0.15, -0.1) is 11.8 Å². The predicted octanol–water partition coefficient (Wildman–Crippen LogP) is 4.88. The van der Waals surface area contributed by atoms with Crippen molar-refractivity contribution >= 4 is 23.4 Å². The van der Waals surface area contributed by atoms with Crippen molar-refractivity contribution in [3.05, 3.63) is 48.0 Å². The maximum Gasteiger partial charge on any atom is 0.228 e. The highest BCUT2D eigenvalue weighted by Gasteiger charge is 2.22. The summed E-state index contributed by atoms with van der Waals surface area (Å²) < 4.78 is 10.8. The summed E-state index contributed by atoms with van der Waals surface area (Å²) >= 11 is 1.85. The molecule has 0 saturated carbocycles. The number of fused-ring (bicyclic) bond motifs is 1. The number of hydrogen-bond donors (Lipinski definition) is 0. The van der Waals surface area contributed by atoms with Gasteiger partial charge in [0, 0.05) is 37.0 Å². The summed E-state index contributed by atoms with van der Waals surface area (Å²) in [4.78, 5) is 18.7. The SMILES string of the molecule is COc1ccc(CCN(CCC(=O)N2CCCSc3ccccc32)C(C)C)cc1OC. The van der Waals surface area contributed by atoms with Crippen LogP contribution < -0.4 is 14.4 Å². The van der Waals surface area contributed by atoms with Crippen LogP contribution in [0.3, 0.4) is 0 Å². The van der Waals surface area contributed by atoms with Crippen LogP contribution in [0.5, 0.6) is 11.5 Å². The molecule has 3 rings (SSSR count). The molecule has 31 heavy (non-hydrogen) atoms. The Morgan fingerprint density at radius 2 is 1.87 bits per heavy atom. The first kappa shape index (κ1) is 23.5. The zero-order chi connectivity index (χ0) is 22.2. The summed E-state index contributed by atoms with van der Waals surface area (Å²) in [7, 11) is 3.31. The lowest BCUT2D eigenvalue weighted by Crippen LogP contribution is -2.38. The van der Waals surface area contributed by atoms with Crippen molar-refractivity contribution in [1.29, 1.82) is 0 Å². The maximum absolute atomic E-state index is 13.1. The molecule has 0 spiro atoms. The van der Waals surface area contributed by atoms with E-state index in [4.69, 9.17) is 9.47 Å². The topological polar surface area (TPSA) is 42.0 Å². The Hall–Kier alpha value is -2.18. The number of thioether (sulfide) groups is 1. The number of hydrogen-bond acceptors (Lipinski definition) is 5. The molecule has 2 aromatic carbocycles. The number of carbonyl (C=O) groups is 1. The quantitative estimate of drug-likeness (QED) is 0.554. The first-order valence-corrected chi connectivity index (χ1v) is 12.0. The lowest BCUT2D eigenvalue weighted by molar-refractivity contribution is -0.119. The molecule has 0 aromatic heterocycles. The van der Waals surface area contributed by atoms with E-state index in [1.165, 1.54) is 10.5 Å². The normalized spacial score (nSPS) is 13.8. The molecule has 0 unspecified atom stereocenters. The molecule has 0 N–H and O–H groups in total. The molecule has 0 saturated heterocycles. The number of para-hydroxylation sites is 1. The van der Waals surface area contributed by atoms with E-state index >= 15 is 0 Å². The number of amides is 1. The summed E-state index contributed by atoms with van der Waals surface area (Å²) in [6.07, 6.45) is 2.46. The van der Waals surface area contributed by atoms with E-state index in [1.54, 1.807) is 14.2 Å². The van der Waals surface area contributed by atoms with Crippen molar-refractivity contribution in [1.82, 2.24) is 4.90 Å². The standard InChI is InChI=1S/C25H34N2O3S/c1-19(2)26(15-12-20-10-11-22(29-3)23(18-20)30-4)16-13-25(28)27-14-7-17-31-24-9-6-5-8-21(24)27/h5-6,8-11,18-19H,7,12-17H2,1-4H3. The highest BCUT2D eigenvalue weighted by atomic mass is 32.2. The van der Waals surface area contributed by atoms with Crippen molar-refractivity contribution in [2.24, 2.45) is 0 Å². The molecule has 168 valence electrons. The fourth-order valence-corrected chi connectivity index (χ4v) is 4.89. The maximum atomic E-state index is 13.1. The molecule has 0 atom stereocenters. The molecule has 0 radical (unpaired) electrons. The summed E-state index contributed by atoms with van der Waals surface area (Å²) in [6.45, 7) is 6.84. The Morgan fingerprint density at radius 1 is 1.10 bits per heavy atom. The van der Waals surface area contributed by atoms with Gasteiger partial charge in [0.2, 0.25) is 5.91 Å². The number of ether oxygens (including phenoxy) is 2. The Balaban J connectivity index is 1.60. The third kappa shape index (κ3) is 6.17. The summed E-state index contributed by atoms with van der Waals surface area (Å²) in [5.41, 5.74) is 2.27. The van der Waals surface area contributed by atoms with Gasteiger partial charge in [-0.05, 0) is 62.3 Å². The van der Waals surface area contributed by atoms with Gasteiger partial charge in [-0.2, -0.15) is 0 Å². The molecule has 1 heterocycles. The molecule has 1 aliphatic rings. The number of carbonyl (C=O) groups excluding carboxylic acids is 1. The smallest absolute Gasteiger partial charge is 0.228 e. The Labute approximate surface area is 190 Å². The third-order valence-electron chi connectivity index (χ3n) is 5.72. The number of rotatable bonds is 9. The van der Waals surface area contributed by atoms with Gasteiger partial charge in [-0.25, -0.2) is 0 Å². The molecule has 0 fully saturated rings. The zero-order valence-electron chi connectivity index (χ0n) is 19.1. The van der Waals surface area contributed by atoms with Crippen LogP contribution in [0.1, 0.15) is 32.3 Å². The van der Waals surface area contributed by atoms with Crippen LogP contribution in [-0.4, -0.2) is 56.5 Å². The number of anilines is 1. The van der Waals surface area contributed by atoms with E-state index in [1.807, 2.05) is 34.9 Å². The van der Waals surface area contributed by atoms with Gasteiger partial charge < -0.3 is 19.3 Å². The molecule has 1 amide bonds. The van der Waals surface area contributed by atoms with Gasteiger partial charge >= 0.3 is 0 Å². The second-order valence-corrected chi connectivity index (χ2v) is 9.17. The van der Waals surface area contributed by atoms with Crippen molar-refractivity contribution in [2.75, 3.05) is 44.5 Å². The van der Waals surface area contributed by atoms with E-state index < -0.39 is 0 Å². The van der Waals surface area contributed by atoms with Crippen molar-refractivity contribution in [2.45, 2.75) is 44.0 Å². The van der Waals surface area contributed by atoms with Gasteiger partial charge in [0.15, 0.2) is 11.5 Å². The second-order valence-electron chi connectivity index (χ2n) is 8.03. The van der Waals surface area contributed by atoms with Gasteiger partial charge in [0.05, 0.1) is 19.9 Å². The average molecular weight is 443 g/mol. The Kier molecular flexibility index (Phi) is 8.67. The molecule has 0 aliphatic carbocycles. The molecular formula is C25H34N2O3S. The predicted molar refractivity (Wildman–Crippen MR) is 129 cm³/mol. The zero-order valence-corrected chi connectivity index (χ0v) is 19.9. The molecule has 0 bridgehead atoms. The van der Waals surface area contributed by atoms with Crippen molar-refractivity contribution in [3.63, 3.8) is 0 Å². The lowest BCUT2D eigenvalue weighted by atomic mass is 10.1. The first-order valence-electron chi connectivity index (χ1n) is 11.0. The summed E-state index contributed by atoms with van der Waals surface area (Å²) in [5.74, 6) is 2.77. The van der Waals surface area contributed by atoms with Crippen LogP contribution in [0.25, 0.3) is 0 Å². The minimum Gasteiger partial charge on any atom is -0.493 e. The molecule has 1 aliphatic heterocycles. The lowest BCUT2D eigenvalue weighted by Gasteiger charge is -2.28. The van der Waals surface area contributed by atoms with E-state index in [0.29, 0.717) is 12.5 Å². The van der Waals surface area contributed by atoms with Crippen molar-refractivity contribution in [3.8, 4) is 11.5 Å². The number of methoxy groups -OCH3 is 2. The first-order chi connectivity index (χ1) is 15.0. The van der Waals surface area contributed by atoms with Crippen LogP contribution in [-0.2, 0) is 11.2 Å². The van der Waals surface area contributed by atoms with Crippen LogP contribution >= 0.6 is 11.8 Å². The highest BCUT2D eigenvalue weighted by Crippen LogP contribution is 2.34. The molecule has 2 aromatic rings. The summed E-state index contributed by atoms with van der Waals surface area (Å²) in [6, 6.07) is 14.7. The largest absolute Gasteiger partial charge is 0.493 e. The Bertz CT molecular complexity index is 872. The fourth-order valence-electron chi connectivity index (χ4n) is 3.90. The van der Waals surface area contributed by atoms with Gasteiger partial charge in [-0.3, -0.25) is 4.79 Å². The second kappa shape index (κ2) is 11.4.